The van der Waals surface area contributed by atoms with Crippen LogP contribution < -0.4 is 15.4 Å². The van der Waals surface area contributed by atoms with Gasteiger partial charge in [-0.05, 0) is 70.3 Å². The van der Waals surface area contributed by atoms with Gasteiger partial charge < -0.3 is 20.1 Å². The molecular formula is C27H39N7OS2. The summed E-state index contributed by atoms with van der Waals surface area (Å²) in [6.45, 7) is 8.56. The van der Waals surface area contributed by atoms with E-state index in [0.29, 0.717) is 13.2 Å². The van der Waals surface area contributed by atoms with Crippen LogP contribution >= 0.6 is 23.3 Å². The Hall–Kier alpha value is -2.27. The molecular weight excluding hydrogens is 502 g/mol. The minimum absolute atomic E-state index is 0.0627. The number of aliphatic imine (C=N–C) groups is 2. The average Bonchev–Trinajstić information content (AvgIpc) is 3.62. The second-order valence-electron chi connectivity index (χ2n) is 9.32. The zero-order valence-electron chi connectivity index (χ0n) is 21.9. The number of hydrogen-bond acceptors (Lipinski definition) is 10. The summed E-state index contributed by atoms with van der Waals surface area (Å²) in [6.07, 6.45) is 13.7. The summed E-state index contributed by atoms with van der Waals surface area (Å²) in [5, 5.41) is 8.47. The average molecular weight is 542 g/mol. The van der Waals surface area contributed by atoms with Crippen LogP contribution in [-0.4, -0.2) is 60.1 Å². The van der Waals surface area contributed by atoms with Crippen LogP contribution in [0.1, 0.15) is 73.5 Å². The van der Waals surface area contributed by atoms with Crippen molar-refractivity contribution in [3.63, 3.8) is 0 Å². The van der Waals surface area contributed by atoms with Gasteiger partial charge in [-0.1, -0.05) is 25.8 Å². The van der Waals surface area contributed by atoms with Gasteiger partial charge in [-0.15, -0.1) is 11.3 Å². The highest BCUT2D eigenvalue weighted by molar-refractivity contribution is 8.01. The lowest BCUT2D eigenvalue weighted by Crippen LogP contribution is -2.22. The van der Waals surface area contributed by atoms with Crippen molar-refractivity contribution >= 4 is 46.6 Å². The minimum Gasteiger partial charge on any atom is -0.375 e. The zero-order valence-corrected chi connectivity index (χ0v) is 23.5. The SMILES string of the molecule is C=C(NC(CCCCCCNC)c1cc(NSC2CC2)ccn1)c1ncc(C2=NC(OCC)CN=C2)s1. The third-order valence-electron chi connectivity index (χ3n) is 6.16. The second kappa shape index (κ2) is 14.6. The molecule has 1 saturated carbocycles. The van der Waals surface area contributed by atoms with E-state index >= 15 is 0 Å². The van der Waals surface area contributed by atoms with Crippen molar-refractivity contribution in [1.82, 2.24) is 20.6 Å². The van der Waals surface area contributed by atoms with E-state index in [1.54, 1.807) is 11.3 Å². The molecule has 8 nitrogen and oxygen atoms in total. The highest BCUT2D eigenvalue weighted by Gasteiger charge is 2.23. The molecule has 0 amide bonds. The van der Waals surface area contributed by atoms with E-state index < -0.39 is 0 Å². The number of thiazole rings is 1. The lowest BCUT2D eigenvalue weighted by atomic mass is 10.0. The minimum atomic E-state index is -0.223. The molecule has 1 fully saturated rings. The molecule has 200 valence electrons. The fourth-order valence-corrected chi connectivity index (χ4v) is 5.62. The Bertz CT molecular complexity index is 1070. The third-order valence-corrected chi connectivity index (χ3v) is 8.40. The van der Waals surface area contributed by atoms with Gasteiger partial charge in [0.15, 0.2) is 6.23 Å². The molecule has 2 unspecified atom stereocenters. The van der Waals surface area contributed by atoms with Crippen LogP contribution in [0.15, 0.2) is 41.1 Å². The van der Waals surface area contributed by atoms with Gasteiger partial charge in [0.25, 0.3) is 0 Å². The molecule has 1 aliphatic carbocycles. The van der Waals surface area contributed by atoms with Gasteiger partial charge in [0.05, 0.1) is 34.6 Å². The van der Waals surface area contributed by atoms with E-state index in [0.717, 1.165) is 57.3 Å². The first-order chi connectivity index (χ1) is 18.2. The number of aromatic nitrogens is 2. The second-order valence-corrected chi connectivity index (χ2v) is 11.5. The summed E-state index contributed by atoms with van der Waals surface area (Å²) in [5.41, 5.74) is 3.74. The number of rotatable bonds is 17. The predicted molar refractivity (Wildman–Crippen MR) is 158 cm³/mol. The lowest BCUT2D eigenvalue weighted by Gasteiger charge is -2.21. The number of anilines is 1. The molecule has 4 rings (SSSR count). The molecule has 0 bridgehead atoms. The largest absolute Gasteiger partial charge is 0.375 e. The summed E-state index contributed by atoms with van der Waals surface area (Å²) in [5.74, 6) is 0. The highest BCUT2D eigenvalue weighted by Crippen LogP contribution is 2.35. The van der Waals surface area contributed by atoms with E-state index in [-0.39, 0.29) is 12.3 Å². The Morgan fingerprint density at radius 1 is 1.24 bits per heavy atom. The van der Waals surface area contributed by atoms with Crippen LogP contribution in [0.3, 0.4) is 0 Å². The summed E-state index contributed by atoms with van der Waals surface area (Å²) in [4.78, 5) is 19.4. The molecule has 2 aromatic heterocycles. The van der Waals surface area contributed by atoms with E-state index in [4.69, 9.17) is 9.72 Å². The summed E-state index contributed by atoms with van der Waals surface area (Å²) >= 11 is 3.38. The molecule has 2 atom stereocenters. The number of unbranched alkanes of at least 4 members (excludes halogenated alkanes) is 3. The van der Waals surface area contributed by atoms with Gasteiger partial charge in [-0.3, -0.25) is 9.98 Å². The topological polar surface area (TPSA) is 95.8 Å². The van der Waals surface area contributed by atoms with Gasteiger partial charge in [0.2, 0.25) is 0 Å². The monoisotopic (exact) mass is 541 g/mol. The quantitative estimate of drug-likeness (QED) is 0.181. The fraction of sp³-hybridized carbons (Fsp3) is 0.556. The summed E-state index contributed by atoms with van der Waals surface area (Å²) in [7, 11) is 2.01. The van der Waals surface area contributed by atoms with Crippen LogP contribution in [0.5, 0.6) is 0 Å². The Kier molecular flexibility index (Phi) is 11.0. The molecule has 0 aromatic carbocycles. The van der Waals surface area contributed by atoms with Crippen LogP contribution in [-0.2, 0) is 4.74 Å². The van der Waals surface area contributed by atoms with Crippen molar-refractivity contribution in [2.45, 2.75) is 69.4 Å². The Morgan fingerprint density at radius 2 is 2.11 bits per heavy atom. The number of nitrogens with one attached hydrogen (secondary N) is 3. The highest BCUT2D eigenvalue weighted by atomic mass is 32.2. The Labute approximate surface area is 229 Å². The molecule has 0 radical (unpaired) electrons. The van der Waals surface area contributed by atoms with E-state index in [1.165, 1.54) is 32.1 Å². The molecule has 2 aliphatic rings. The van der Waals surface area contributed by atoms with Crippen molar-refractivity contribution < 1.29 is 4.74 Å². The van der Waals surface area contributed by atoms with Crippen molar-refractivity contribution in [3.8, 4) is 0 Å². The first-order valence-corrected chi connectivity index (χ1v) is 15.0. The lowest BCUT2D eigenvalue weighted by molar-refractivity contribution is 0.0757. The molecule has 2 aromatic rings. The van der Waals surface area contributed by atoms with Gasteiger partial charge in [-0.25, -0.2) is 9.98 Å². The van der Waals surface area contributed by atoms with Gasteiger partial charge in [0, 0.05) is 36.2 Å². The van der Waals surface area contributed by atoms with E-state index in [1.807, 2.05) is 50.6 Å². The van der Waals surface area contributed by atoms with Gasteiger partial charge >= 0.3 is 0 Å². The van der Waals surface area contributed by atoms with E-state index in [2.05, 4.69) is 43.0 Å². The smallest absolute Gasteiger partial charge is 0.168 e. The maximum Gasteiger partial charge on any atom is 0.168 e. The van der Waals surface area contributed by atoms with Gasteiger partial charge in [0.1, 0.15) is 5.01 Å². The Morgan fingerprint density at radius 3 is 2.92 bits per heavy atom. The van der Waals surface area contributed by atoms with Crippen molar-refractivity contribution in [2.75, 3.05) is 31.5 Å². The molecule has 0 saturated heterocycles. The Balaban J connectivity index is 1.42. The molecule has 3 N–H and O–H groups in total. The van der Waals surface area contributed by atoms with E-state index in [9.17, 15) is 0 Å². The van der Waals surface area contributed by atoms with Crippen LogP contribution in [0, 0.1) is 0 Å². The number of pyridine rings is 1. The van der Waals surface area contributed by atoms with Crippen molar-refractivity contribution in [1.29, 1.82) is 0 Å². The number of ether oxygens (including phenoxy) is 1. The van der Waals surface area contributed by atoms with Gasteiger partial charge in [-0.2, -0.15) is 0 Å². The standard InChI is InChI=1S/C27H39N7OS2/c1-4-35-26-18-29-16-24(33-26)25-17-31-27(36-25)19(2)32-22(9-7-5-6-8-13-28-3)23-15-20(12-14-30-23)34-37-21-10-11-21/h12,14-17,21-22,26,28,32H,2,4-11,13,18H2,1,3H3,(H,30,34). The summed E-state index contributed by atoms with van der Waals surface area (Å²) < 4.78 is 9.14. The number of nitrogens with zero attached hydrogens (tertiary/aromatic N) is 4. The summed E-state index contributed by atoms with van der Waals surface area (Å²) in [6, 6.07) is 4.26. The number of hydrogen-bond donors (Lipinski definition) is 3. The van der Waals surface area contributed by atoms with Crippen LogP contribution in [0.2, 0.25) is 0 Å². The maximum absolute atomic E-state index is 5.64. The first-order valence-electron chi connectivity index (χ1n) is 13.3. The molecule has 1 aliphatic heterocycles. The van der Waals surface area contributed by atoms with Crippen LogP contribution in [0.25, 0.3) is 5.70 Å². The molecule has 3 heterocycles. The molecule has 0 spiro atoms. The maximum atomic E-state index is 5.64. The predicted octanol–water partition coefficient (Wildman–Crippen LogP) is 5.47. The molecule has 37 heavy (non-hydrogen) atoms. The van der Waals surface area contributed by atoms with Crippen molar-refractivity contribution in [3.05, 3.63) is 46.7 Å². The van der Waals surface area contributed by atoms with Crippen molar-refractivity contribution in [2.24, 2.45) is 9.98 Å². The zero-order chi connectivity index (χ0) is 25.9. The third kappa shape index (κ3) is 8.91. The molecule has 10 heteroatoms. The normalized spacial score (nSPS) is 17.9. The van der Waals surface area contributed by atoms with Crippen LogP contribution in [0.4, 0.5) is 5.69 Å². The fourth-order valence-electron chi connectivity index (χ4n) is 4.01. The first kappa shape index (κ1) is 27.8.